The average molecular weight is 374 g/mol. The van der Waals surface area contributed by atoms with E-state index in [1.807, 2.05) is 49.3 Å². The molecule has 2 aromatic heterocycles. The third kappa shape index (κ3) is 3.32. The van der Waals surface area contributed by atoms with Crippen LogP contribution in [0.1, 0.15) is 15.9 Å². The van der Waals surface area contributed by atoms with Crippen LogP contribution in [0, 0.1) is 5.82 Å². The molecular weight excluding hydrogens is 355 g/mol. The van der Waals surface area contributed by atoms with E-state index in [-0.39, 0.29) is 11.3 Å². The summed E-state index contributed by atoms with van der Waals surface area (Å²) in [5, 5.41) is 3.92. The zero-order valence-corrected chi connectivity index (χ0v) is 15.5. The van der Waals surface area contributed by atoms with E-state index >= 15 is 0 Å². The Kier molecular flexibility index (Phi) is 4.53. The number of anilines is 3. The van der Waals surface area contributed by atoms with Crippen molar-refractivity contribution in [3.8, 4) is 0 Å². The minimum absolute atomic E-state index is 0.0473. The van der Waals surface area contributed by atoms with Gasteiger partial charge in [0, 0.05) is 42.6 Å². The SMILES string of the molecule is CN(C)c1cccc(Nc2ccc3c(C(=O)c4ccccc4F)c[nH]c3n2)c1. The Morgan fingerprint density at radius 1 is 1.04 bits per heavy atom. The van der Waals surface area contributed by atoms with Crippen molar-refractivity contribution in [3.63, 3.8) is 0 Å². The van der Waals surface area contributed by atoms with E-state index in [1.165, 1.54) is 12.1 Å². The zero-order chi connectivity index (χ0) is 19.7. The first kappa shape index (κ1) is 17.7. The summed E-state index contributed by atoms with van der Waals surface area (Å²) in [6.07, 6.45) is 1.57. The lowest BCUT2D eigenvalue weighted by molar-refractivity contribution is 0.103. The number of fused-ring (bicyclic) bond motifs is 1. The normalized spacial score (nSPS) is 10.8. The molecule has 0 fully saturated rings. The number of H-pyrrole nitrogens is 1. The van der Waals surface area contributed by atoms with Gasteiger partial charge in [0.15, 0.2) is 5.78 Å². The molecule has 2 aromatic carbocycles. The number of aromatic amines is 1. The summed E-state index contributed by atoms with van der Waals surface area (Å²) in [5.74, 6) is -0.255. The minimum atomic E-state index is -0.533. The van der Waals surface area contributed by atoms with Gasteiger partial charge in [0.25, 0.3) is 0 Å². The molecule has 5 nitrogen and oxygen atoms in total. The summed E-state index contributed by atoms with van der Waals surface area (Å²) in [5.41, 5.74) is 2.99. The van der Waals surface area contributed by atoms with Gasteiger partial charge in [-0.05, 0) is 42.5 Å². The van der Waals surface area contributed by atoms with Gasteiger partial charge >= 0.3 is 0 Å². The molecule has 0 atom stereocenters. The smallest absolute Gasteiger partial charge is 0.198 e. The quantitative estimate of drug-likeness (QED) is 0.495. The number of aromatic nitrogens is 2. The van der Waals surface area contributed by atoms with Crippen LogP contribution in [0.15, 0.2) is 66.9 Å². The van der Waals surface area contributed by atoms with Crippen molar-refractivity contribution in [2.75, 3.05) is 24.3 Å². The minimum Gasteiger partial charge on any atom is -0.378 e. The monoisotopic (exact) mass is 374 g/mol. The Morgan fingerprint density at radius 3 is 2.64 bits per heavy atom. The summed E-state index contributed by atoms with van der Waals surface area (Å²) >= 11 is 0. The number of pyridine rings is 1. The molecular formula is C22H19FN4O. The van der Waals surface area contributed by atoms with Crippen LogP contribution in [0.25, 0.3) is 11.0 Å². The number of rotatable bonds is 5. The van der Waals surface area contributed by atoms with E-state index in [4.69, 9.17) is 0 Å². The van der Waals surface area contributed by atoms with Gasteiger partial charge in [-0.2, -0.15) is 0 Å². The maximum absolute atomic E-state index is 14.0. The highest BCUT2D eigenvalue weighted by Crippen LogP contribution is 2.25. The lowest BCUT2D eigenvalue weighted by Crippen LogP contribution is -2.08. The molecule has 140 valence electrons. The number of nitrogens with zero attached hydrogens (tertiary/aromatic N) is 2. The number of carbonyl (C=O) groups is 1. The molecule has 28 heavy (non-hydrogen) atoms. The van der Waals surface area contributed by atoms with Crippen molar-refractivity contribution in [2.45, 2.75) is 0 Å². The van der Waals surface area contributed by atoms with Crippen LogP contribution in [0.2, 0.25) is 0 Å². The van der Waals surface area contributed by atoms with Crippen molar-refractivity contribution in [2.24, 2.45) is 0 Å². The maximum atomic E-state index is 14.0. The molecule has 0 aliphatic rings. The van der Waals surface area contributed by atoms with Gasteiger partial charge in [-0.3, -0.25) is 4.79 Å². The van der Waals surface area contributed by atoms with E-state index in [2.05, 4.69) is 15.3 Å². The predicted molar refractivity (Wildman–Crippen MR) is 110 cm³/mol. The number of carbonyl (C=O) groups excluding carboxylic acids is 1. The highest BCUT2D eigenvalue weighted by molar-refractivity contribution is 6.16. The largest absolute Gasteiger partial charge is 0.378 e. The van der Waals surface area contributed by atoms with Crippen molar-refractivity contribution in [1.82, 2.24) is 9.97 Å². The Labute approximate surface area is 161 Å². The molecule has 0 radical (unpaired) electrons. The molecule has 2 N–H and O–H groups in total. The van der Waals surface area contributed by atoms with Gasteiger partial charge in [0.05, 0.1) is 5.56 Å². The fraction of sp³-hybridized carbons (Fsp3) is 0.0909. The first-order chi connectivity index (χ1) is 13.5. The molecule has 2 heterocycles. The third-order valence-corrected chi connectivity index (χ3v) is 4.54. The van der Waals surface area contributed by atoms with E-state index in [9.17, 15) is 9.18 Å². The van der Waals surface area contributed by atoms with Crippen LogP contribution >= 0.6 is 0 Å². The number of halogens is 1. The number of ketones is 1. The van der Waals surface area contributed by atoms with Gasteiger partial charge in [0.1, 0.15) is 17.3 Å². The number of benzene rings is 2. The van der Waals surface area contributed by atoms with E-state index in [1.54, 1.807) is 24.4 Å². The molecule has 0 saturated heterocycles. The molecule has 4 rings (SSSR count). The highest BCUT2D eigenvalue weighted by atomic mass is 19.1. The van der Waals surface area contributed by atoms with Gasteiger partial charge in [-0.15, -0.1) is 0 Å². The Morgan fingerprint density at radius 2 is 1.86 bits per heavy atom. The Balaban J connectivity index is 1.64. The summed E-state index contributed by atoms with van der Waals surface area (Å²) in [4.78, 5) is 22.3. The second-order valence-electron chi connectivity index (χ2n) is 6.67. The van der Waals surface area contributed by atoms with Crippen LogP contribution in [-0.2, 0) is 0 Å². The summed E-state index contributed by atoms with van der Waals surface area (Å²) in [6, 6.07) is 17.6. The van der Waals surface area contributed by atoms with Gasteiger partial charge < -0.3 is 15.2 Å². The second-order valence-corrected chi connectivity index (χ2v) is 6.67. The predicted octanol–water partition coefficient (Wildman–Crippen LogP) is 4.74. The molecule has 6 heteroatoms. The Hall–Kier alpha value is -3.67. The van der Waals surface area contributed by atoms with E-state index in [0.29, 0.717) is 22.4 Å². The lowest BCUT2D eigenvalue weighted by atomic mass is 10.0. The van der Waals surface area contributed by atoms with Crippen LogP contribution in [0.4, 0.5) is 21.6 Å². The Bertz CT molecular complexity index is 1170. The fourth-order valence-corrected chi connectivity index (χ4v) is 3.06. The molecule has 0 unspecified atom stereocenters. The zero-order valence-electron chi connectivity index (χ0n) is 15.5. The number of nitrogens with one attached hydrogen (secondary N) is 2. The fourth-order valence-electron chi connectivity index (χ4n) is 3.06. The van der Waals surface area contributed by atoms with Crippen molar-refractivity contribution >= 4 is 34.0 Å². The highest BCUT2D eigenvalue weighted by Gasteiger charge is 2.18. The van der Waals surface area contributed by atoms with Crippen molar-refractivity contribution in [3.05, 3.63) is 83.8 Å². The van der Waals surface area contributed by atoms with Crippen molar-refractivity contribution in [1.29, 1.82) is 0 Å². The lowest BCUT2D eigenvalue weighted by Gasteiger charge is -2.14. The maximum Gasteiger partial charge on any atom is 0.198 e. The molecule has 0 saturated carbocycles. The summed E-state index contributed by atoms with van der Waals surface area (Å²) in [6.45, 7) is 0. The standard InChI is InChI=1S/C22H19FN4O/c1-27(2)15-7-5-6-14(12-15)25-20-11-10-16-18(13-24-22(16)26-20)21(28)17-8-3-4-9-19(17)23/h3-13H,1-2H3,(H2,24,25,26). The first-order valence-electron chi connectivity index (χ1n) is 8.85. The number of hydrogen-bond donors (Lipinski definition) is 2. The van der Waals surface area contributed by atoms with E-state index < -0.39 is 5.82 Å². The van der Waals surface area contributed by atoms with Gasteiger partial charge in [-0.1, -0.05) is 18.2 Å². The summed E-state index contributed by atoms with van der Waals surface area (Å²) in [7, 11) is 3.97. The first-order valence-corrected chi connectivity index (χ1v) is 8.85. The summed E-state index contributed by atoms with van der Waals surface area (Å²) < 4.78 is 14.0. The second kappa shape index (κ2) is 7.15. The van der Waals surface area contributed by atoms with Crippen LogP contribution in [0.5, 0.6) is 0 Å². The van der Waals surface area contributed by atoms with Crippen LogP contribution < -0.4 is 10.2 Å². The van der Waals surface area contributed by atoms with E-state index in [0.717, 1.165) is 11.4 Å². The topological polar surface area (TPSA) is 61.0 Å². The number of hydrogen-bond acceptors (Lipinski definition) is 4. The molecule has 0 bridgehead atoms. The average Bonchev–Trinajstić information content (AvgIpc) is 3.11. The van der Waals surface area contributed by atoms with Gasteiger partial charge in [-0.25, -0.2) is 9.37 Å². The van der Waals surface area contributed by atoms with Crippen LogP contribution in [0.3, 0.4) is 0 Å². The molecule has 0 spiro atoms. The molecule has 0 amide bonds. The van der Waals surface area contributed by atoms with Crippen LogP contribution in [-0.4, -0.2) is 29.8 Å². The third-order valence-electron chi connectivity index (χ3n) is 4.54. The molecule has 4 aromatic rings. The van der Waals surface area contributed by atoms with Gasteiger partial charge in [0.2, 0.25) is 0 Å². The van der Waals surface area contributed by atoms with Crippen molar-refractivity contribution < 1.29 is 9.18 Å². The molecule has 0 aliphatic carbocycles. The molecule has 0 aliphatic heterocycles.